The van der Waals surface area contributed by atoms with Gasteiger partial charge < -0.3 is 10.6 Å². The number of nitrogens with zero attached hydrogens (tertiary/aromatic N) is 3. The van der Waals surface area contributed by atoms with Crippen molar-refractivity contribution in [3.8, 4) is 5.75 Å². The van der Waals surface area contributed by atoms with Gasteiger partial charge in [-0.25, -0.2) is 4.39 Å². The van der Waals surface area contributed by atoms with Crippen LogP contribution in [-0.4, -0.2) is 41.4 Å². The van der Waals surface area contributed by atoms with Crippen molar-refractivity contribution in [2.45, 2.75) is 33.5 Å². The van der Waals surface area contributed by atoms with Gasteiger partial charge in [-0.3, -0.25) is 9.58 Å². The Kier molecular flexibility index (Phi) is 6.41. The summed E-state index contributed by atoms with van der Waals surface area (Å²) < 4.78 is 23.3. The first kappa shape index (κ1) is 23.0. The summed E-state index contributed by atoms with van der Waals surface area (Å²) in [7, 11) is 5.18. The highest BCUT2D eigenvalue weighted by molar-refractivity contribution is 7.74. The topological polar surface area (TPSA) is 48.4 Å². The maximum absolute atomic E-state index is 15.5. The summed E-state index contributed by atoms with van der Waals surface area (Å²) in [4.78, 5) is 3.80. The molecule has 0 saturated carbocycles. The van der Waals surface area contributed by atoms with Crippen LogP contribution >= 0.6 is 7.92 Å². The first-order chi connectivity index (χ1) is 16.5. The van der Waals surface area contributed by atoms with Crippen LogP contribution in [0.2, 0.25) is 0 Å². The maximum Gasteiger partial charge on any atom is 0.160 e. The second kappa shape index (κ2) is 9.48. The van der Waals surface area contributed by atoms with E-state index >= 15 is 4.39 Å². The number of nitrogens with two attached hydrogens (primary N) is 1. The number of benzene rings is 3. The lowest BCUT2D eigenvalue weighted by Crippen LogP contribution is -2.32. The molecule has 1 unspecified atom stereocenters. The Morgan fingerprint density at radius 2 is 1.97 bits per heavy atom. The van der Waals surface area contributed by atoms with Crippen molar-refractivity contribution in [3.63, 3.8) is 0 Å². The highest BCUT2D eigenvalue weighted by Crippen LogP contribution is 2.36. The molecular weight excluding hydrogens is 445 g/mol. The van der Waals surface area contributed by atoms with Crippen molar-refractivity contribution in [2.24, 2.45) is 0 Å². The number of hydrogen-bond donors (Lipinski definition) is 1. The molecule has 1 atom stereocenters. The van der Waals surface area contributed by atoms with Gasteiger partial charge in [0, 0.05) is 37.0 Å². The van der Waals surface area contributed by atoms with Crippen molar-refractivity contribution in [1.82, 2.24) is 14.4 Å². The Hall–Kier alpha value is -2.76. The van der Waals surface area contributed by atoms with Crippen LogP contribution in [0.3, 0.4) is 0 Å². The summed E-state index contributed by atoms with van der Waals surface area (Å²) in [6, 6.07) is 18.9. The van der Waals surface area contributed by atoms with E-state index in [4.69, 9.17) is 18.4 Å². The first-order valence-electron chi connectivity index (χ1n) is 11.7. The van der Waals surface area contributed by atoms with Crippen LogP contribution in [0.5, 0.6) is 5.75 Å². The van der Waals surface area contributed by atoms with E-state index in [0.717, 1.165) is 36.2 Å². The smallest absolute Gasteiger partial charge is 0.160 e. The Morgan fingerprint density at radius 1 is 1.15 bits per heavy atom. The highest BCUT2D eigenvalue weighted by atomic mass is 31.1. The molecule has 1 aliphatic rings. The van der Waals surface area contributed by atoms with Gasteiger partial charge in [-0.15, -0.1) is 0 Å². The molecule has 1 aromatic heterocycles. The van der Waals surface area contributed by atoms with Crippen molar-refractivity contribution >= 4 is 37.4 Å². The van der Waals surface area contributed by atoms with Gasteiger partial charge in [-0.1, -0.05) is 36.4 Å². The van der Waals surface area contributed by atoms with Crippen LogP contribution in [0.15, 0.2) is 54.6 Å². The number of nitrogen functional groups attached to an aromatic ring is 1. The fourth-order valence-electron chi connectivity index (χ4n) is 4.79. The molecular formula is C26H29BFN4OP. The lowest BCUT2D eigenvalue weighted by atomic mass is 10.1. The van der Waals surface area contributed by atoms with Crippen molar-refractivity contribution in [3.05, 3.63) is 77.1 Å². The number of aromatic nitrogens is 2. The van der Waals surface area contributed by atoms with E-state index in [1.807, 2.05) is 35.9 Å². The summed E-state index contributed by atoms with van der Waals surface area (Å²) in [5.74, 6) is 6.78. The van der Waals surface area contributed by atoms with Gasteiger partial charge in [-0.2, -0.15) is 4.79 Å². The standard InChI is InChI=1S/C26H29BFN4OP/c1-3-31-22-10-11-24(25(28)26(22)32(31)29)34(17-27)21-9-8-18(2)20(14-21)16-30-12-13-33-23-7-5-4-6-19(23)15-30/h4-11,14H,3,12-13,15-17,29H2,1-2H3. The molecule has 5 rings (SSSR count). The second-order valence-corrected chi connectivity index (χ2v) is 10.9. The minimum atomic E-state index is -1.04. The van der Waals surface area contributed by atoms with Gasteiger partial charge >= 0.3 is 0 Å². The normalized spacial score (nSPS) is 15.1. The van der Waals surface area contributed by atoms with E-state index in [0.29, 0.717) is 30.0 Å². The summed E-state index contributed by atoms with van der Waals surface area (Å²) >= 11 is 0. The Bertz CT molecular complexity index is 1330. The highest BCUT2D eigenvalue weighted by Gasteiger charge is 2.24. The molecule has 8 heteroatoms. The molecule has 0 bridgehead atoms. The molecule has 2 heterocycles. The number of fused-ring (bicyclic) bond motifs is 2. The molecule has 3 aromatic carbocycles. The molecule has 1 aliphatic heterocycles. The van der Waals surface area contributed by atoms with Crippen LogP contribution < -0.4 is 21.2 Å². The molecule has 0 fully saturated rings. The predicted octanol–water partition coefficient (Wildman–Crippen LogP) is 3.58. The SMILES string of the molecule is [B]CP(c1ccc(C)c(CN2CCOc3ccccc3C2)c1)c1ccc2c(c1F)n(N)n2CC. The van der Waals surface area contributed by atoms with E-state index in [1.165, 1.54) is 21.5 Å². The molecule has 2 N–H and O–H groups in total. The van der Waals surface area contributed by atoms with Gasteiger partial charge in [0.25, 0.3) is 0 Å². The van der Waals surface area contributed by atoms with Crippen molar-refractivity contribution < 1.29 is 9.13 Å². The van der Waals surface area contributed by atoms with E-state index in [-0.39, 0.29) is 5.82 Å². The van der Waals surface area contributed by atoms with Gasteiger partial charge in [0.05, 0.1) is 13.4 Å². The zero-order valence-electron chi connectivity index (χ0n) is 19.7. The number of rotatable bonds is 6. The quantitative estimate of drug-likeness (QED) is 0.264. The summed E-state index contributed by atoms with van der Waals surface area (Å²) in [5, 5.41) is 1.73. The fraction of sp³-hybridized carbons (Fsp3) is 0.308. The zero-order valence-corrected chi connectivity index (χ0v) is 20.6. The number of ether oxygens (including phenoxy) is 1. The number of halogens is 1. The number of hydrogen-bond acceptors (Lipinski definition) is 3. The van der Waals surface area contributed by atoms with Crippen molar-refractivity contribution in [2.75, 3.05) is 25.1 Å². The summed E-state index contributed by atoms with van der Waals surface area (Å²) in [6.45, 7) is 7.97. The van der Waals surface area contributed by atoms with Crippen LogP contribution in [0.1, 0.15) is 23.6 Å². The molecule has 34 heavy (non-hydrogen) atoms. The van der Waals surface area contributed by atoms with Gasteiger partial charge in [0.15, 0.2) is 5.82 Å². The molecule has 5 nitrogen and oxygen atoms in total. The summed E-state index contributed by atoms with van der Waals surface area (Å²) in [6.07, 6.45) is 0. The van der Waals surface area contributed by atoms with Gasteiger partial charge in [-0.05, 0) is 62.5 Å². The predicted molar refractivity (Wildman–Crippen MR) is 140 cm³/mol. The first-order valence-corrected chi connectivity index (χ1v) is 13.2. The van der Waals surface area contributed by atoms with Gasteiger partial charge in [0.2, 0.25) is 0 Å². The fourth-order valence-corrected chi connectivity index (χ4v) is 6.64. The van der Waals surface area contributed by atoms with E-state index < -0.39 is 7.92 Å². The van der Waals surface area contributed by atoms with E-state index in [9.17, 15) is 0 Å². The number of aryl methyl sites for hydroxylation is 2. The van der Waals surface area contributed by atoms with Crippen LogP contribution in [0.25, 0.3) is 11.0 Å². The maximum atomic E-state index is 15.5. The Balaban J connectivity index is 1.44. The van der Waals surface area contributed by atoms with E-state index in [2.05, 4.69) is 42.2 Å². The van der Waals surface area contributed by atoms with Crippen LogP contribution in [0, 0.1) is 12.7 Å². The third-order valence-corrected chi connectivity index (χ3v) is 8.88. The lowest BCUT2D eigenvalue weighted by molar-refractivity contribution is 0.219. The summed E-state index contributed by atoms with van der Waals surface area (Å²) in [5.41, 5.74) is 4.94. The number of para-hydroxylation sites is 1. The molecule has 0 spiro atoms. The van der Waals surface area contributed by atoms with Gasteiger partial charge in [0.1, 0.15) is 17.9 Å². The van der Waals surface area contributed by atoms with Crippen LogP contribution in [-0.2, 0) is 19.6 Å². The second-order valence-electron chi connectivity index (χ2n) is 8.71. The molecule has 0 aliphatic carbocycles. The monoisotopic (exact) mass is 474 g/mol. The van der Waals surface area contributed by atoms with E-state index in [1.54, 1.807) is 0 Å². The molecule has 0 saturated heterocycles. The zero-order chi connectivity index (χ0) is 23.8. The van der Waals surface area contributed by atoms with Crippen LogP contribution in [0.4, 0.5) is 4.39 Å². The third kappa shape index (κ3) is 4.01. The average molecular weight is 474 g/mol. The molecule has 2 radical (unpaired) electrons. The minimum Gasteiger partial charge on any atom is -0.492 e. The Labute approximate surface area is 202 Å². The molecule has 4 aromatic rings. The lowest BCUT2D eigenvalue weighted by Gasteiger charge is -2.26. The minimum absolute atomic E-state index is 0.260. The molecule has 174 valence electrons. The largest absolute Gasteiger partial charge is 0.492 e. The molecule has 0 amide bonds. The van der Waals surface area contributed by atoms with Crippen molar-refractivity contribution in [1.29, 1.82) is 0 Å². The average Bonchev–Trinajstić information content (AvgIpc) is 3.04. The Morgan fingerprint density at radius 3 is 2.76 bits per heavy atom. The third-order valence-electron chi connectivity index (χ3n) is 6.68.